The van der Waals surface area contributed by atoms with Crippen molar-refractivity contribution in [2.24, 2.45) is 0 Å². The van der Waals surface area contributed by atoms with Gasteiger partial charge >= 0.3 is 17.6 Å². The van der Waals surface area contributed by atoms with Gasteiger partial charge in [0.15, 0.2) is 0 Å². The number of nitrogens with zero attached hydrogens (tertiary/aromatic N) is 3. The van der Waals surface area contributed by atoms with Crippen LogP contribution < -0.4 is 4.90 Å². The Labute approximate surface area is 120 Å². The Hall–Kier alpha value is -2.72. The first-order chi connectivity index (χ1) is 10.1. The van der Waals surface area contributed by atoms with Gasteiger partial charge in [-0.15, -0.1) is 0 Å². The van der Waals surface area contributed by atoms with E-state index in [0.717, 1.165) is 4.90 Å². The van der Waals surface area contributed by atoms with Crippen LogP contribution in [0.5, 0.6) is 0 Å². The summed E-state index contributed by atoms with van der Waals surface area (Å²) in [5.41, 5.74) is -4.44. The van der Waals surface area contributed by atoms with Gasteiger partial charge in [0.2, 0.25) is 11.6 Å². The van der Waals surface area contributed by atoms with E-state index in [4.69, 9.17) is 0 Å². The van der Waals surface area contributed by atoms with Gasteiger partial charge in [0.1, 0.15) is 0 Å². The van der Waals surface area contributed by atoms with Crippen molar-refractivity contribution in [3.63, 3.8) is 0 Å². The summed E-state index contributed by atoms with van der Waals surface area (Å²) in [6.45, 7) is -0.0219. The Kier molecular flexibility index (Phi) is 3.73. The highest BCUT2D eigenvalue weighted by Gasteiger charge is 2.41. The third kappa shape index (κ3) is 2.69. The zero-order valence-electron chi connectivity index (χ0n) is 10.8. The van der Waals surface area contributed by atoms with Crippen LogP contribution in [0.2, 0.25) is 0 Å². The van der Waals surface area contributed by atoms with E-state index in [1.807, 2.05) is 0 Å². The van der Waals surface area contributed by atoms with Crippen LogP contribution in [0.1, 0.15) is 18.4 Å². The fraction of sp³-hybridized carbons (Fsp3) is 0.364. The molecule has 0 aliphatic carbocycles. The third-order valence-corrected chi connectivity index (χ3v) is 3.13. The van der Waals surface area contributed by atoms with Gasteiger partial charge in [0.25, 0.3) is 0 Å². The molecule has 118 valence electrons. The monoisotopic (exact) mass is 319 g/mol. The van der Waals surface area contributed by atoms with Crippen molar-refractivity contribution in [1.29, 1.82) is 0 Å². The summed E-state index contributed by atoms with van der Waals surface area (Å²) in [5.74, 6) is -0.606. The van der Waals surface area contributed by atoms with Crippen LogP contribution in [0.4, 0.5) is 30.2 Å². The van der Waals surface area contributed by atoms with E-state index in [0.29, 0.717) is 6.42 Å². The molecule has 1 heterocycles. The molecular weight excluding hydrogens is 311 g/mol. The molecule has 11 heteroatoms. The minimum Gasteiger partial charge on any atom is -0.301 e. The molecule has 1 amide bonds. The minimum absolute atomic E-state index is 0.0219. The maximum atomic E-state index is 12.7. The van der Waals surface area contributed by atoms with E-state index in [2.05, 4.69) is 0 Å². The molecule has 0 unspecified atom stereocenters. The minimum atomic E-state index is -4.98. The fourth-order valence-electron chi connectivity index (χ4n) is 2.21. The van der Waals surface area contributed by atoms with Crippen molar-refractivity contribution >= 4 is 23.0 Å². The zero-order chi connectivity index (χ0) is 16.7. The highest BCUT2D eigenvalue weighted by Crippen LogP contribution is 2.44. The quantitative estimate of drug-likeness (QED) is 0.629. The van der Waals surface area contributed by atoms with Crippen molar-refractivity contribution in [1.82, 2.24) is 0 Å². The van der Waals surface area contributed by atoms with Crippen LogP contribution in [0, 0.1) is 20.2 Å². The molecule has 1 aromatic rings. The van der Waals surface area contributed by atoms with Gasteiger partial charge in [0, 0.05) is 25.1 Å². The number of halogens is 3. The van der Waals surface area contributed by atoms with Crippen LogP contribution in [-0.2, 0) is 11.0 Å². The number of carbonyl (C=O) groups excluding carboxylic acids is 1. The molecule has 1 aliphatic rings. The average molecular weight is 319 g/mol. The second-order valence-corrected chi connectivity index (χ2v) is 4.52. The van der Waals surface area contributed by atoms with Crippen LogP contribution in [0.15, 0.2) is 12.1 Å². The first kappa shape index (κ1) is 15.7. The second kappa shape index (κ2) is 5.24. The maximum absolute atomic E-state index is 12.7. The fourth-order valence-corrected chi connectivity index (χ4v) is 2.21. The summed E-state index contributed by atoms with van der Waals surface area (Å²) in [7, 11) is 0. The molecule has 1 aliphatic heterocycles. The first-order valence-electron chi connectivity index (χ1n) is 5.97. The molecule has 2 rings (SSSR count). The average Bonchev–Trinajstić information content (AvgIpc) is 2.81. The zero-order valence-corrected chi connectivity index (χ0v) is 10.8. The molecule has 0 spiro atoms. The van der Waals surface area contributed by atoms with Gasteiger partial charge in [-0.3, -0.25) is 25.0 Å². The molecule has 0 N–H and O–H groups in total. The summed E-state index contributed by atoms with van der Waals surface area (Å²) in [6.07, 6.45) is -4.65. The SMILES string of the molecule is O=C1CCCN1c1c([N+](=O)[O-])cc(C(F)(F)F)cc1[N+](=O)[O-]. The van der Waals surface area contributed by atoms with Crippen LogP contribution in [-0.4, -0.2) is 22.3 Å². The number of carbonyl (C=O) groups is 1. The molecule has 0 saturated carbocycles. The number of anilines is 1. The lowest BCUT2D eigenvalue weighted by molar-refractivity contribution is -0.393. The third-order valence-electron chi connectivity index (χ3n) is 3.13. The van der Waals surface area contributed by atoms with E-state index in [-0.39, 0.29) is 25.1 Å². The summed E-state index contributed by atoms with van der Waals surface area (Å²) in [4.78, 5) is 32.2. The molecule has 0 aromatic heterocycles. The predicted octanol–water partition coefficient (Wildman–Crippen LogP) is 2.65. The van der Waals surface area contributed by atoms with Gasteiger partial charge in [-0.2, -0.15) is 13.2 Å². The van der Waals surface area contributed by atoms with Crippen LogP contribution in [0.3, 0.4) is 0 Å². The number of rotatable bonds is 3. The topological polar surface area (TPSA) is 107 Å². The standard InChI is InChI=1S/C11H8F3N3O5/c12-11(13,14)6-4-7(16(19)20)10(8(5-6)17(21)22)15-3-1-2-9(15)18/h4-5H,1-3H2. The molecule has 0 bridgehead atoms. The molecule has 0 radical (unpaired) electrons. The van der Waals surface area contributed by atoms with Crippen molar-refractivity contribution < 1.29 is 27.8 Å². The molecular formula is C11H8F3N3O5. The van der Waals surface area contributed by atoms with E-state index < -0.39 is 44.6 Å². The summed E-state index contributed by atoms with van der Waals surface area (Å²) < 4.78 is 38.2. The normalized spacial score (nSPS) is 15.2. The highest BCUT2D eigenvalue weighted by molar-refractivity contribution is 6.00. The van der Waals surface area contributed by atoms with Gasteiger partial charge < -0.3 is 4.90 Å². The number of amides is 1. The first-order valence-corrected chi connectivity index (χ1v) is 5.97. The Morgan fingerprint density at radius 1 is 1.09 bits per heavy atom. The second-order valence-electron chi connectivity index (χ2n) is 4.52. The van der Waals surface area contributed by atoms with E-state index >= 15 is 0 Å². The number of nitro benzene ring substituents is 2. The number of nitro groups is 2. The smallest absolute Gasteiger partial charge is 0.301 e. The molecule has 1 saturated heterocycles. The lowest BCUT2D eigenvalue weighted by Crippen LogP contribution is -2.26. The Balaban J connectivity index is 2.77. The Bertz CT molecular complexity index is 638. The van der Waals surface area contributed by atoms with Gasteiger partial charge in [0.05, 0.1) is 15.4 Å². The number of hydrogen-bond acceptors (Lipinski definition) is 5. The van der Waals surface area contributed by atoms with E-state index in [1.54, 1.807) is 0 Å². The molecule has 1 fully saturated rings. The maximum Gasteiger partial charge on any atom is 0.416 e. The summed E-state index contributed by atoms with van der Waals surface area (Å²) in [6, 6.07) is 0.405. The predicted molar refractivity (Wildman–Crippen MR) is 66.3 cm³/mol. The molecule has 22 heavy (non-hydrogen) atoms. The highest BCUT2D eigenvalue weighted by atomic mass is 19.4. The lowest BCUT2D eigenvalue weighted by Gasteiger charge is -2.17. The molecule has 8 nitrogen and oxygen atoms in total. The van der Waals surface area contributed by atoms with Crippen molar-refractivity contribution in [2.75, 3.05) is 11.4 Å². The summed E-state index contributed by atoms with van der Waals surface area (Å²) >= 11 is 0. The van der Waals surface area contributed by atoms with Crippen molar-refractivity contribution in [3.05, 3.63) is 37.9 Å². The largest absolute Gasteiger partial charge is 0.416 e. The van der Waals surface area contributed by atoms with E-state index in [1.165, 1.54) is 0 Å². The molecule has 1 aromatic carbocycles. The van der Waals surface area contributed by atoms with Crippen LogP contribution >= 0.6 is 0 Å². The van der Waals surface area contributed by atoms with Gasteiger partial charge in [-0.1, -0.05) is 0 Å². The van der Waals surface area contributed by atoms with Crippen molar-refractivity contribution in [2.45, 2.75) is 19.0 Å². The lowest BCUT2D eigenvalue weighted by atomic mass is 10.1. The number of hydrogen-bond donors (Lipinski definition) is 0. The Morgan fingerprint density at radius 3 is 1.91 bits per heavy atom. The van der Waals surface area contributed by atoms with Gasteiger partial charge in [-0.05, 0) is 6.42 Å². The van der Waals surface area contributed by atoms with Gasteiger partial charge in [-0.25, -0.2) is 0 Å². The van der Waals surface area contributed by atoms with Crippen LogP contribution in [0.25, 0.3) is 0 Å². The number of alkyl halides is 3. The van der Waals surface area contributed by atoms with E-state index in [9.17, 15) is 38.2 Å². The Morgan fingerprint density at radius 2 is 1.59 bits per heavy atom. The summed E-state index contributed by atoms with van der Waals surface area (Å²) in [5, 5.41) is 22.0. The number of benzene rings is 1. The molecule has 0 atom stereocenters. The van der Waals surface area contributed by atoms with Crippen molar-refractivity contribution in [3.8, 4) is 0 Å².